The van der Waals surface area contributed by atoms with Crippen molar-refractivity contribution in [1.29, 1.82) is 0 Å². The Hall–Kier alpha value is -2.22. The smallest absolute Gasteiger partial charge is 0.269 e. The number of nitrogens with zero attached hydrogens (tertiary/aromatic N) is 5. The van der Waals surface area contributed by atoms with Crippen LogP contribution in [0.4, 0.5) is 0 Å². The standard InChI is InChI=1S/C16H20N6OS/c1-10-7-21-13(8-24-16(21)18-10)15(23)19-11(2)14-20-17-9-22(14)12-5-3-4-6-12/h7-9,11-12H,3-6H2,1-2H3,(H,19,23)/t11-/m0/s1. The van der Waals surface area contributed by atoms with Crippen molar-refractivity contribution in [3.8, 4) is 0 Å². The fourth-order valence-corrected chi connectivity index (χ4v) is 4.32. The lowest BCUT2D eigenvalue weighted by atomic mass is 10.2. The van der Waals surface area contributed by atoms with E-state index in [9.17, 15) is 4.79 Å². The molecule has 0 saturated heterocycles. The predicted octanol–water partition coefficient (Wildman–Crippen LogP) is 2.90. The second kappa shape index (κ2) is 6.01. The number of aryl methyl sites for hydroxylation is 1. The Morgan fingerprint density at radius 2 is 2.21 bits per heavy atom. The van der Waals surface area contributed by atoms with E-state index >= 15 is 0 Å². The van der Waals surface area contributed by atoms with E-state index in [1.807, 2.05) is 29.8 Å². The van der Waals surface area contributed by atoms with Crippen molar-refractivity contribution in [3.63, 3.8) is 0 Å². The molecule has 0 radical (unpaired) electrons. The van der Waals surface area contributed by atoms with Crippen LogP contribution in [0.25, 0.3) is 4.96 Å². The molecule has 1 N–H and O–H groups in total. The van der Waals surface area contributed by atoms with E-state index in [0.29, 0.717) is 11.7 Å². The molecule has 3 heterocycles. The second-order valence-electron chi connectivity index (χ2n) is 6.39. The van der Waals surface area contributed by atoms with E-state index in [0.717, 1.165) is 29.3 Å². The van der Waals surface area contributed by atoms with Crippen LogP contribution in [0.15, 0.2) is 17.9 Å². The van der Waals surface area contributed by atoms with E-state index < -0.39 is 0 Å². The van der Waals surface area contributed by atoms with Crippen molar-refractivity contribution >= 4 is 22.2 Å². The summed E-state index contributed by atoms with van der Waals surface area (Å²) in [5, 5.41) is 13.2. The number of aromatic nitrogens is 5. The quantitative estimate of drug-likeness (QED) is 0.789. The first-order valence-corrected chi connectivity index (χ1v) is 9.15. The number of nitrogens with one attached hydrogen (secondary N) is 1. The summed E-state index contributed by atoms with van der Waals surface area (Å²) < 4.78 is 3.96. The maximum absolute atomic E-state index is 12.7. The van der Waals surface area contributed by atoms with E-state index in [-0.39, 0.29) is 11.9 Å². The number of thiazole rings is 1. The summed E-state index contributed by atoms with van der Waals surface area (Å²) in [5.41, 5.74) is 1.51. The Bertz CT molecular complexity index is 872. The Morgan fingerprint density at radius 1 is 1.42 bits per heavy atom. The molecule has 4 rings (SSSR count). The molecular weight excluding hydrogens is 324 g/mol. The molecule has 1 amide bonds. The molecule has 126 valence electrons. The number of carbonyl (C=O) groups excluding carboxylic acids is 1. The summed E-state index contributed by atoms with van der Waals surface area (Å²) in [5.74, 6) is 0.704. The summed E-state index contributed by atoms with van der Waals surface area (Å²) in [6, 6.07) is 0.263. The first-order valence-electron chi connectivity index (χ1n) is 8.27. The van der Waals surface area contributed by atoms with Gasteiger partial charge < -0.3 is 9.88 Å². The first kappa shape index (κ1) is 15.3. The first-order chi connectivity index (χ1) is 11.6. The zero-order valence-corrected chi connectivity index (χ0v) is 14.6. The largest absolute Gasteiger partial charge is 0.341 e. The Kier molecular flexibility index (Phi) is 3.84. The predicted molar refractivity (Wildman–Crippen MR) is 91.2 cm³/mol. The van der Waals surface area contributed by atoms with Gasteiger partial charge in [0.2, 0.25) is 0 Å². The molecule has 8 heteroatoms. The average Bonchev–Trinajstić information content (AvgIpc) is 3.30. The van der Waals surface area contributed by atoms with Gasteiger partial charge in [-0.1, -0.05) is 12.8 Å². The van der Waals surface area contributed by atoms with E-state index in [1.54, 1.807) is 6.33 Å². The van der Waals surface area contributed by atoms with Crippen LogP contribution in [-0.2, 0) is 0 Å². The Balaban J connectivity index is 1.54. The van der Waals surface area contributed by atoms with Gasteiger partial charge in [0.05, 0.1) is 11.7 Å². The van der Waals surface area contributed by atoms with E-state index in [4.69, 9.17) is 0 Å². The highest BCUT2D eigenvalue weighted by Crippen LogP contribution is 2.31. The Morgan fingerprint density at radius 3 is 3.00 bits per heavy atom. The third-order valence-electron chi connectivity index (χ3n) is 4.62. The van der Waals surface area contributed by atoms with Crippen molar-refractivity contribution in [2.75, 3.05) is 0 Å². The molecule has 7 nitrogen and oxygen atoms in total. The number of amides is 1. The summed E-state index contributed by atoms with van der Waals surface area (Å²) in [6.45, 7) is 3.88. The lowest BCUT2D eigenvalue weighted by Gasteiger charge is -2.18. The molecule has 3 aromatic heterocycles. The molecule has 1 saturated carbocycles. The number of hydrogen-bond acceptors (Lipinski definition) is 5. The minimum Gasteiger partial charge on any atom is -0.341 e. The van der Waals surface area contributed by atoms with Crippen molar-refractivity contribution < 1.29 is 4.79 Å². The fourth-order valence-electron chi connectivity index (χ4n) is 3.42. The van der Waals surface area contributed by atoms with Gasteiger partial charge in [0.1, 0.15) is 12.0 Å². The number of hydrogen-bond donors (Lipinski definition) is 1. The van der Waals surface area contributed by atoms with E-state index in [1.165, 1.54) is 24.2 Å². The van der Waals surface area contributed by atoms with Crippen LogP contribution < -0.4 is 5.32 Å². The lowest BCUT2D eigenvalue weighted by Crippen LogP contribution is -2.30. The van der Waals surface area contributed by atoms with Crippen LogP contribution in [0.5, 0.6) is 0 Å². The van der Waals surface area contributed by atoms with Crippen LogP contribution >= 0.6 is 11.3 Å². The molecule has 0 aliphatic heterocycles. The summed E-state index contributed by atoms with van der Waals surface area (Å²) in [7, 11) is 0. The molecule has 24 heavy (non-hydrogen) atoms. The molecule has 0 spiro atoms. The third-order valence-corrected chi connectivity index (χ3v) is 5.46. The van der Waals surface area contributed by atoms with Gasteiger partial charge in [-0.2, -0.15) is 0 Å². The zero-order chi connectivity index (χ0) is 16.7. The normalized spacial score (nSPS) is 16.8. The highest BCUT2D eigenvalue weighted by molar-refractivity contribution is 7.15. The van der Waals surface area contributed by atoms with Gasteiger partial charge in [0, 0.05) is 17.6 Å². The number of carbonyl (C=O) groups is 1. The Labute approximate surface area is 143 Å². The summed E-state index contributed by atoms with van der Waals surface area (Å²) in [4.78, 5) is 17.9. The highest BCUT2D eigenvalue weighted by atomic mass is 32.1. The molecule has 1 atom stereocenters. The van der Waals surface area contributed by atoms with Crippen molar-refractivity contribution in [2.45, 2.75) is 51.6 Å². The maximum atomic E-state index is 12.7. The van der Waals surface area contributed by atoms with E-state index in [2.05, 4.69) is 25.1 Å². The zero-order valence-electron chi connectivity index (χ0n) is 13.8. The fraction of sp³-hybridized carbons (Fsp3) is 0.500. The number of rotatable bonds is 4. The summed E-state index contributed by atoms with van der Waals surface area (Å²) in [6.07, 6.45) is 8.48. The minimum absolute atomic E-state index is 0.118. The molecule has 0 aromatic carbocycles. The molecule has 3 aromatic rings. The van der Waals surface area contributed by atoms with Crippen LogP contribution in [0.3, 0.4) is 0 Å². The molecule has 1 aliphatic rings. The molecule has 0 bridgehead atoms. The highest BCUT2D eigenvalue weighted by Gasteiger charge is 2.24. The van der Waals surface area contributed by atoms with Gasteiger partial charge in [-0.15, -0.1) is 21.5 Å². The van der Waals surface area contributed by atoms with Gasteiger partial charge >= 0.3 is 0 Å². The van der Waals surface area contributed by atoms with Crippen LogP contribution in [0.1, 0.15) is 66.7 Å². The van der Waals surface area contributed by atoms with Gasteiger partial charge in [-0.3, -0.25) is 9.20 Å². The second-order valence-corrected chi connectivity index (χ2v) is 7.22. The summed E-state index contributed by atoms with van der Waals surface area (Å²) >= 11 is 1.47. The molecule has 1 aliphatic carbocycles. The van der Waals surface area contributed by atoms with Gasteiger partial charge in [-0.05, 0) is 26.7 Å². The van der Waals surface area contributed by atoms with Crippen molar-refractivity contribution in [3.05, 3.63) is 35.1 Å². The van der Waals surface area contributed by atoms with Gasteiger partial charge in [-0.25, -0.2) is 4.98 Å². The number of fused-ring (bicyclic) bond motifs is 1. The van der Waals surface area contributed by atoms with Gasteiger partial charge in [0.25, 0.3) is 5.91 Å². The molecular formula is C16H20N6OS. The third kappa shape index (κ3) is 2.60. The topological polar surface area (TPSA) is 77.1 Å². The molecule has 1 fully saturated rings. The molecule has 0 unspecified atom stereocenters. The SMILES string of the molecule is Cc1cn2c(C(=O)N[C@@H](C)c3nncn3C3CCCC3)csc2n1. The van der Waals surface area contributed by atoms with Gasteiger partial charge in [0.15, 0.2) is 10.8 Å². The van der Waals surface area contributed by atoms with Crippen LogP contribution in [0.2, 0.25) is 0 Å². The average molecular weight is 344 g/mol. The number of imidazole rings is 1. The minimum atomic E-state index is -0.194. The van der Waals surface area contributed by atoms with Crippen molar-refractivity contribution in [1.82, 2.24) is 29.5 Å². The maximum Gasteiger partial charge on any atom is 0.269 e. The van der Waals surface area contributed by atoms with Crippen molar-refractivity contribution in [2.24, 2.45) is 0 Å². The van der Waals surface area contributed by atoms with Crippen LogP contribution in [-0.4, -0.2) is 30.1 Å². The monoisotopic (exact) mass is 344 g/mol. The van der Waals surface area contributed by atoms with Crippen LogP contribution in [0, 0.1) is 6.92 Å². The lowest BCUT2D eigenvalue weighted by molar-refractivity contribution is 0.0931.